The first-order chi connectivity index (χ1) is 12.2. The molecule has 0 spiro atoms. The van der Waals surface area contributed by atoms with Crippen molar-refractivity contribution in [3.63, 3.8) is 0 Å². The van der Waals surface area contributed by atoms with Gasteiger partial charge in [0.1, 0.15) is 5.60 Å². The van der Waals surface area contributed by atoms with Gasteiger partial charge in [0, 0.05) is 37.8 Å². The van der Waals surface area contributed by atoms with Gasteiger partial charge in [-0.15, -0.1) is 0 Å². The molecule has 1 aliphatic rings. The maximum atomic E-state index is 12.3. The van der Waals surface area contributed by atoms with Gasteiger partial charge >= 0.3 is 0 Å². The molecule has 1 aromatic heterocycles. The molecule has 1 aliphatic heterocycles. The molecule has 140 valence electrons. The molecule has 0 radical (unpaired) electrons. The van der Waals surface area contributed by atoms with E-state index in [0.717, 1.165) is 13.1 Å². The van der Waals surface area contributed by atoms with Gasteiger partial charge in [0.05, 0.1) is 15.7 Å². The Hall–Kier alpha value is -2.74. The first kappa shape index (κ1) is 19.6. The van der Waals surface area contributed by atoms with Crippen LogP contribution in [-0.4, -0.2) is 34.7 Å². The maximum absolute atomic E-state index is 12.3. The Morgan fingerprint density at radius 2 is 2.00 bits per heavy atom. The lowest BCUT2D eigenvalue weighted by Crippen LogP contribution is -2.45. The first-order valence-corrected chi connectivity index (χ1v) is 8.31. The Kier molecular flexibility index (Phi) is 6.10. The van der Waals surface area contributed by atoms with E-state index in [2.05, 4.69) is 10.1 Å². The number of hydrogen-bond donors (Lipinski definition) is 1. The first-order valence-electron chi connectivity index (χ1n) is 8.31. The quantitative estimate of drug-likeness (QED) is 0.508. The van der Waals surface area contributed by atoms with E-state index >= 15 is 0 Å². The minimum atomic E-state index is -0.456. The van der Waals surface area contributed by atoms with Crippen molar-refractivity contribution >= 4 is 22.9 Å². The molecule has 0 saturated carbocycles. The fourth-order valence-electron chi connectivity index (χ4n) is 2.50. The summed E-state index contributed by atoms with van der Waals surface area (Å²) in [5.41, 5.74) is -0.498. The third-order valence-corrected chi connectivity index (χ3v) is 3.91. The number of nitro groups is 1. The lowest BCUT2D eigenvalue weighted by molar-refractivity contribution is -0.383. The van der Waals surface area contributed by atoms with E-state index in [4.69, 9.17) is 0 Å². The molecule has 0 amide bonds. The zero-order valence-electron chi connectivity index (χ0n) is 15.1. The second-order valence-corrected chi connectivity index (χ2v) is 7.12. The van der Waals surface area contributed by atoms with Crippen LogP contribution in [0.5, 0.6) is 0 Å². The van der Waals surface area contributed by atoms with E-state index in [9.17, 15) is 19.7 Å². The Morgan fingerprint density at radius 3 is 2.46 bits per heavy atom. The van der Waals surface area contributed by atoms with Crippen molar-refractivity contribution in [2.45, 2.75) is 32.9 Å². The summed E-state index contributed by atoms with van der Waals surface area (Å²) in [6.45, 7) is 8.41. The van der Waals surface area contributed by atoms with Crippen LogP contribution in [0.1, 0.15) is 20.8 Å². The Morgan fingerprint density at radius 1 is 1.31 bits per heavy atom. The second-order valence-electron chi connectivity index (χ2n) is 7.12. The molecule has 2 heterocycles. The van der Waals surface area contributed by atoms with E-state index in [1.807, 2.05) is 20.8 Å². The molecule has 1 N–H and O–H groups in total. The van der Waals surface area contributed by atoms with Crippen molar-refractivity contribution in [1.29, 1.82) is 0 Å². The number of nitro benzene ring substituents is 1. The standard InChI is InChI=1S/C13H13N3O3.C5H10O2/c17-13-11-2-1-3-12(16(18)19)10(11)4-5-15(13)8-9-6-14-7-9;1-5(2,3)7-4-6/h1-5,9,14H,6-8H2;4H,1-3H3. The SMILES string of the molecule is CC(C)(C)OC=O.O=c1c2cccc([N+](=O)[O-])c2ccn1CC1CNC1. The van der Waals surface area contributed by atoms with Crippen LogP contribution < -0.4 is 10.9 Å². The molecule has 1 fully saturated rings. The number of carbonyl (C=O) groups excluding carboxylic acids is 1. The number of nitrogens with one attached hydrogen (secondary N) is 1. The van der Waals surface area contributed by atoms with E-state index in [1.54, 1.807) is 29.0 Å². The monoisotopic (exact) mass is 361 g/mol. The number of ether oxygens (including phenoxy) is 1. The number of hydrogen-bond acceptors (Lipinski definition) is 6. The third-order valence-electron chi connectivity index (χ3n) is 3.91. The predicted molar refractivity (Wildman–Crippen MR) is 98.1 cm³/mol. The summed E-state index contributed by atoms with van der Waals surface area (Å²) in [6.07, 6.45) is 1.65. The molecule has 1 saturated heterocycles. The van der Waals surface area contributed by atoms with Crippen molar-refractivity contribution in [1.82, 2.24) is 9.88 Å². The molecular weight excluding hydrogens is 338 g/mol. The summed E-state index contributed by atoms with van der Waals surface area (Å²) < 4.78 is 6.19. The molecule has 0 atom stereocenters. The number of aromatic nitrogens is 1. The normalized spacial score (nSPS) is 14.1. The topological polar surface area (TPSA) is 103 Å². The highest BCUT2D eigenvalue weighted by molar-refractivity contribution is 5.89. The average molecular weight is 361 g/mol. The highest BCUT2D eigenvalue weighted by atomic mass is 16.6. The van der Waals surface area contributed by atoms with Crippen LogP contribution in [0.15, 0.2) is 35.3 Å². The van der Waals surface area contributed by atoms with Gasteiger partial charge in [-0.25, -0.2) is 0 Å². The van der Waals surface area contributed by atoms with E-state index in [0.29, 0.717) is 29.7 Å². The Bertz CT molecular complexity index is 850. The molecule has 3 rings (SSSR count). The summed E-state index contributed by atoms with van der Waals surface area (Å²) >= 11 is 0. The fraction of sp³-hybridized carbons (Fsp3) is 0.444. The zero-order valence-corrected chi connectivity index (χ0v) is 15.1. The summed E-state index contributed by atoms with van der Waals surface area (Å²) in [7, 11) is 0. The highest BCUT2D eigenvalue weighted by Crippen LogP contribution is 2.22. The van der Waals surface area contributed by atoms with Crippen molar-refractivity contribution in [3.8, 4) is 0 Å². The number of nitrogens with zero attached hydrogens (tertiary/aromatic N) is 2. The number of benzene rings is 1. The van der Waals surface area contributed by atoms with Gasteiger partial charge in [-0.1, -0.05) is 6.07 Å². The number of non-ortho nitro benzene ring substituents is 1. The minimum absolute atomic E-state index is 0.0212. The van der Waals surface area contributed by atoms with Crippen LogP contribution >= 0.6 is 0 Å². The molecule has 2 aromatic rings. The van der Waals surface area contributed by atoms with Crippen LogP contribution in [0.4, 0.5) is 5.69 Å². The van der Waals surface area contributed by atoms with Crippen LogP contribution in [0.25, 0.3) is 10.8 Å². The number of pyridine rings is 1. The van der Waals surface area contributed by atoms with Crippen LogP contribution in [-0.2, 0) is 16.1 Å². The number of fused-ring (bicyclic) bond motifs is 1. The van der Waals surface area contributed by atoms with Crippen LogP contribution in [0.2, 0.25) is 0 Å². The zero-order chi connectivity index (χ0) is 19.3. The largest absolute Gasteiger partial charge is 0.462 e. The molecule has 0 unspecified atom stereocenters. The summed E-state index contributed by atoms with van der Waals surface area (Å²) in [5, 5.41) is 14.9. The molecule has 8 heteroatoms. The summed E-state index contributed by atoms with van der Waals surface area (Å²) in [6, 6.07) is 6.26. The summed E-state index contributed by atoms with van der Waals surface area (Å²) in [5.74, 6) is 0.467. The minimum Gasteiger partial charge on any atom is -0.462 e. The highest BCUT2D eigenvalue weighted by Gasteiger charge is 2.19. The predicted octanol–water partition coefficient (Wildman–Crippen LogP) is 2.09. The van der Waals surface area contributed by atoms with Gasteiger partial charge in [-0.2, -0.15) is 0 Å². The number of carbonyl (C=O) groups is 1. The molecule has 8 nitrogen and oxygen atoms in total. The Labute approximate surface area is 150 Å². The van der Waals surface area contributed by atoms with E-state index < -0.39 is 4.92 Å². The molecule has 1 aromatic carbocycles. The van der Waals surface area contributed by atoms with Crippen molar-refractivity contribution < 1.29 is 14.5 Å². The van der Waals surface area contributed by atoms with Gasteiger partial charge in [0.25, 0.3) is 17.7 Å². The molecule has 26 heavy (non-hydrogen) atoms. The van der Waals surface area contributed by atoms with E-state index in [-0.39, 0.29) is 16.8 Å². The van der Waals surface area contributed by atoms with Crippen molar-refractivity contribution in [2.75, 3.05) is 13.1 Å². The van der Waals surface area contributed by atoms with Crippen molar-refractivity contribution in [3.05, 3.63) is 50.9 Å². The fourth-order valence-corrected chi connectivity index (χ4v) is 2.50. The van der Waals surface area contributed by atoms with Gasteiger partial charge in [0.15, 0.2) is 0 Å². The lowest BCUT2D eigenvalue weighted by Gasteiger charge is -2.27. The third kappa shape index (κ3) is 4.89. The Balaban J connectivity index is 0.000000298. The average Bonchev–Trinajstić information content (AvgIpc) is 2.51. The smallest absolute Gasteiger partial charge is 0.293 e. The number of rotatable bonds is 4. The molecule has 0 bridgehead atoms. The van der Waals surface area contributed by atoms with Gasteiger partial charge in [0.2, 0.25) is 0 Å². The second kappa shape index (κ2) is 8.09. The van der Waals surface area contributed by atoms with E-state index in [1.165, 1.54) is 6.07 Å². The van der Waals surface area contributed by atoms with Crippen LogP contribution in [0, 0.1) is 16.0 Å². The van der Waals surface area contributed by atoms with Gasteiger partial charge in [-0.3, -0.25) is 19.7 Å². The van der Waals surface area contributed by atoms with Gasteiger partial charge in [-0.05, 0) is 32.9 Å². The molecule has 0 aliphatic carbocycles. The maximum Gasteiger partial charge on any atom is 0.293 e. The summed E-state index contributed by atoms with van der Waals surface area (Å²) in [4.78, 5) is 32.4. The van der Waals surface area contributed by atoms with Gasteiger partial charge < -0.3 is 14.6 Å². The lowest BCUT2D eigenvalue weighted by atomic mass is 10.0. The molecular formula is C18H23N3O5. The van der Waals surface area contributed by atoms with Crippen molar-refractivity contribution in [2.24, 2.45) is 5.92 Å². The van der Waals surface area contributed by atoms with Crippen LogP contribution in [0.3, 0.4) is 0 Å².